The molecule has 0 unspecified atom stereocenters. The fraction of sp³-hybridized carbons (Fsp3) is 0.0909. The summed E-state index contributed by atoms with van der Waals surface area (Å²) in [6.07, 6.45) is 1.80. The van der Waals surface area contributed by atoms with Crippen molar-refractivity contribution in [3.63, 3.8) is 0 Å². The molecule has 4 rings (SSSR count). The van der Waals surface area contributed by atoms with Crippen molar-refractivity contribution in [3.8, 4) is 0 Å². The van der Waals surface area contributed by atoms with Gasteiger partial charge in [-0.2, -0.15) is 0 Å². The summed E-state index contributed by atoms with van der Waals surface area (Å²) >= 11 is 2.84. The predicted octanol–water partition coefficient (Wildman–Crippen LogP) is 5.58. The molecule has 0 N–H and O–H groups in total. The molecular weight excluding hydrogens is 391 g/mol. The Kier molecular flexibility index (Phi) is 5.41. The Morgan fingerprint density at radius 1 is 1.14 bits per heavy atom. The van der Waals surface area contributed by atoms with E-state index in [1.54, 1.807) is 28.8 Å². The molecule has 0 saturated carbocycles. The maximum atomic E-state index is 14.2. The Bertz CT molecular complexity index is 1200. The number of aromatic nitrogens is 2. The van der Waals surface area contributed by atoms with Gasteiger partial charge in [-0.1, -0.05) is 66.9 Å². The van der Waals surface area contributed by atoms with E-state index in [-0.39, 0.29) is 17.9 Å². The first kappa shape index (κ1) is 18.7. The summed E-state index contributed by atoms with van der Waals surface area (Å²) in [6.45, 7) is 3.92. The van der Waals surface area contributed by atoms with Crippen LogP contribution in [0.25, 0.3) is 16.3 Å². The molecule has 4 aromatic rings. The fourth-order valence-corrected chi connectivity index (χ4v) is 4.60. The predicted molar refractivity (Wildman–Crippen MR) is 115 cm³/mol. The molecule has 28 heavy (non-hydrogen) atoms. The van der Waals surface area contributed by atoms with Crippen molar-refractivity contribution in [2.75, 3.05) is 0 Å². The SMILES string of the molecule is C=Cc1ccc(CSc2nc3ccsc3c(=O)n2Cc2ccccc2F)cc1. The maximum Gasteiger partial charge on any atom is 0.272 e. The zero-order chi connectivity index (χ0) is 19.5. The first-order valence-electron chi connectivity index (χ1n) is 8.71. The molecule has 3 nitrogen and oxygen atoms in total. The summed E-state index contributed by atoms with van der Waals surface area (Å²) in [5, 5.41) is 2.45. The van der Waals surface area contributed by atoms with Gasteiger partial charge in [-0.25, -0.2) is 9.37 Å². The first-order valence-corrected chi connectivity index (χ1v) is 10.6. The second-order valence-corrected chi connectivity index (χ2v) is 8.11. The average molecular weight is 409 g/mol. The van der Waals surface area contributed by atoms with Crippen molar-refractivity contribution in [1.29, 1.82) is 0 Å². The zero-order valence-electron chi connectivity index (χ0n) is 15.0. The summed E-state index contributed by atoms with van der Waals surface area (Å²) < 4.78 is 16.3. The number of hydrogen-bond acceptors (Lipinski definition) is 4. The van der Waals surface area contributed by atoms with Crippen LogP contribution in [0.3, 0.4) is 0 Å². The smallest absolute Gasteiger partial charge is 0.272 e. The normalized spacial score (nSPS) is 11.0. The maximum absolute atomic E-state index is 14.2. The van der Waals surface area contributed by atoms with Gasteiger partial charge in [0.2, 0.25) is 0 Å². The van der Waals surface area contributed by atoms with Crippen LogP contribution in [0.4, 0.5) is 4.39 Å². The van der Waals surface area contributed by atoms with Crippen molar-refractivity contribution in [1.82, 2.24) is 9.55 Å². The minimum Gasteiger partial charge on any atom is -0.282 e. The molecule has 0 saturated heterocycles. The molecule has 140 valence electrons. The highest BCUT2D eigenvalue weighted by Gasteiger charge is 2.14. The van der Waals surface area contributed by atoms with E-state index in [2.05, 4.69) is 11.6 Å². The Morgan fingerprint density at radius 2 is 1.93 bits per heavy atom. The van der Waals surface area contributed by atoms with Crippen LogP contribution in [0.2, 0.25) is 0 Å². The highest BCUT2D eigenvalue weighted by molar-refractivity contribution is 7.98. The monoisotopic (exact) mass is 408 g/mol. The standard InChI is InChI=1S/C22H17FN2OS2/c1-2-15-7-9-16(10-8-15)14-28-22-24-19-11-12-27-20(19)21(26)25(22)13-17-5-3-4-6-18(17)23/h2-12H,1,13-14H2. The van der Waals surface area contributed by atoms with Crippen molar-refractivity contribution in [2.24, 2.45) is 0 Å². The second kappa shape index (κ2) is 8.12. The number of thiophene rings is 1. The van der Waals surface area contributed by atoms with E-state index in [4.69, 9.17) is 0 Å². The molecular formula is C22H17FN2OS2. The summed E-state index contributed by atoms with van der Waals surface area (Å²) in [6, 6.07) is 16.4. The van der Waals surface area contributed by atoms with Crippen LogP contribution >= 0.6 is 23.1 Å². The van der Waals surface area contributed by atoms with Gasteiger partial charge in [0, 0.05) is 11.3 Å². The van der Waals surface area contributed by atoms with E-state index in [0.717, 1.165) is 11.1 Å². The van der Waals surface area contributed by atoms with E-state index in [1.807, 2.05) is 35.7 Å². The Hall–Kier alpha value is -2.70. The van der Waals surface area contributed by atoms with Crippen molar-refractivity contribution >= 4 is 39.4 Å². The van der Waals surface area contributed by atoms with Gasteiger partial charge in [0.1, 0.15) is 10.5 Å². The topological polar surface area (TPSA) is 34.9 Å². The van der Waals surface area contributed by atoms with E-state index >= 15 is 0 Å². The molecule has 0 radical (unpaired) electrons. The van der Waals surface area contributed by atoms with Crippen LogP contribution in [0.15, 0.2) is 76.5 Å². The summed E-state index contributed by atoms with van der Waals surface area (Å²) in [5.74, 6) is 0.341. The van der Waals surface area contributed by atoms with Gasteiger partial charge in [0.05, 0.1) is 12.1 Å². The molecule has 0 spiro atoms. The lowest BCUT2D eigenvalue weighted by Crippen LogP contribution is -2.23. The summed E-state index contributed by atoms with van der Waals surface area (Å²) in [4.78, 5) is 17.7. The number of benzene rings is 2. The van der Waals surface area contributed by atoms with Gasteiger partial charge >= 0.3 is 0 Å². The van der Waals surface area contributed by atoms with Gasteiger partial charge in [-0.3, -0.25) is 9.36 Å². The molecule has 2 aromatic heterocycles. The summed E-state index contributed by atoms with van der Waals surface area (Å²) in [7, 11) is 0. The molecule has 0 fully saturated rings. The number of rotatable bonds is 6. The molecule has 0 aliphatic rings. The Balaban J connectivity index is 1.70. The van der Waals surface area contributed by atoms with Gasteiger partial charge in [-0.15, -0.1) is 11.3 Å². The molecule has 0 amide bonds. The van der Waals surface area contributed by atoms with Crippen molar-refractivity contribution in [2.45, 2.75) is 17.5 Å². The second-order valence-electron chi connectivity index (χ2n) is 6.25. The number of hydrogen-bond donors (Lipinski definition) is 0. The third-order valence-electron chi connectivity index (χ3n) is 4.40. The van der Waals surface area contributed by atoms with E-state index < -0.39 is 0 Å². The van der Waals surface area contributed by atoms with E-state index in [9.17, 15) is 9.18 Å². The lowest BCUT2D eigenvalue weighted by Gasteiger charge is -2.13. The minimum atomic E-state index is -0.323. The van der Waals surface area contributed by atoms with Crippen molar-refractivity contribution in [3.05, 3.63) is 99.4 Å². The van der Waals surface area contributed by atoms with E-state index in [0.29, 0.717) is 26.7 Å². The average Bonchev–Trinajstić information content (AvgIpc) is 3.19. The molecule has 2 heterocycles. The van der Waals surface area contributed by atoms with Crippen molar-refractivity contribution < 1.29 is 4.39 Å². The van der Waals surface area contributed by atoms with Crippen LogP contribution in [-0.2, 0) is 12.3 Å². The van der Waals surface area contributed by atoms with Gasteiger partial charge < -0.3 is 0 Å². The van der Waals surface area contributed by atoms with E-state index in [1.165, 1.54) is 29.2 Å². The molecule has 0 atom stereocenters. The highest BCUT2D eigenvalue weighted by atomic mass is 32.2. The minimum absolute atomic E-state index is 0.132. The zero-order valence-corrected chi connectivity index (χ0v) is 16.6. The first-order chi connectivity index (χ1) is 13.7. The van der Waals surface area contributed by atoms with Crippen LogP contribution in [-0.4, -0.2) is 9.55 Å². The Morgan fingerprint density at radius 3 is 2.68 bits per heavy atom. The third kappa shape index (κ3) is 3.79. The highest BCUT2D eigenvalue weighted by Crippen LogP contribution is 2.25. The van der Waals surface area contributed by atoms with Gasteiger partial charge in [0.15, 0.2) is 5.16 Å². The molecule has 6 heteroatoms. The molecule has 0 bridgehead atoms. The van der Waals surface area contributed by atoms with Crippen LogP contribution in [0.5, 0.6) is 0 Å². The van der Waals surface area contributed by atoms with Crippen LogP contribution in [0.1, 0.15) is 16.7 Å². The lowest BCUT2D eigenvalue weighted by molar-refractivity contribution is 0.580. The largest absolute Gasteiger partial charge is 0.282 e. The number of nitrogens with zero attached hydrogens (tertiary/aromatic N) is 2. The third-order valence-corrected chi connectivity index (χ3v) is 6.34. The molecule has 2 aromatic carbocycles. The van der Waals surface area contributed by atoms with Crippen LogP contribution < -0.4 is 5.56 Å². The fourth-order valence-electron chi connectivity index (χ4n) is 2.87. The number of thioether (sulfide) groups is 1. The number of halogens is 1. The molecule has 0 aliphatic heterocycles. The quantitative estimate of drug-likeness (QED) is 0.309. The van der Waals surface area contributed by atoms with Crippen LogP contribution in [0, 0.1) is 5.82 Å². The molecule has 0 aliphatic carbocycles. The van der Waals surface area contributed by atoms with Gasteiger partial charge in [0.25, 0.3) is 5.56 Å². The summed E-state index contributed by atoms with van der Waals surface area (Å²) in [5.41, 5.74) is 3.20. The van der Waals surface area contributed by atoms with Gasteiger partial charge in [-0.05, 0) is 28.6 Å². The Labute approximate surface area is 170 Å². The lowest BCUT2D eigenvalue weighted by atomic mass is 10.1. The number of fused-ring (bicyclic) bond motifs is 1.